The Labute approximate surface area is 202 Å². The van der Waals surface area contributed by atoms with Crippen LogP contribution in [0, 0.1) is 11.2 Å². The summed E-state index contributed by atoms with van der Waals surface area (Å²) in [6.07, 6.45) is 5.44. The summed E-state index contributed by atoms with van der Waals surface area (Å²) in [5.41, 5.74) is 9.09. The van der Waals surface area contributed by atoms with Crippen molar-refractivity contribution in [1.82, 2.24) is 19.9 Å². The number of rotatable bonds is 4. The minimum Gasteiger partial charge on any atom is -0.384 e. The maximum absolute atomic E-state index is 15.4. The number of aromatic nitrogens is 3. The van der Waals surface area contributed by atoms with Gasteiger partial charge in [0.25, 0.3) is 5.91 Å². The predicted octanol–water partition coefficient (Wildman–Crippen LogP) is 4.40. The number of carbonyl (C=O) groups excluding carboxylic acids is 1. The zero-order chi connectivity index (χ0) is 23.9. The van der Waals surface area contributed by atoms with Gasteiger partial charge < -0.3 is 15.4 Å². The molecule has 2 aliphatic heterocycles. The van der Waals surface area contributed by atoms with Gasteiger partial charge in [0.15, 0.2) is 0 Å². The zero-order valence-electron chi connectivity index (χ0n) is 18.9. The van der Waals surface area contributed by atoms with Crippen LogP contribution in [0.2, 0.25) is 5.02 Å². The molecule has 0 atom stereocenters. The topological polar surface area (TPSA) is 94.2 Å². The molecule has 0 unspecified atom stereocenters. The van der Waals surface area contributed by atoms with Crippen LogP contribution in [0.3, 0.4) is 0 Å². The Morgan fingerprint density at radius 1 is 1.18 bits per heavy atom. The lowest BCUT2D eigenvalue weighted by Crippen LogP contribution is -2.52. The first-order valence-electron chi connectivity index (χ1n) is 11.3. The van der Waals surface area contributed by atoms with Crippen LogP contribution < -0.4 is 5.73 Å². The molecule has 2 fully saturated rings. The first-order valence-corrected chi connectivity index (χ1v) is 11.7. The second-order valence-electron chi connectivity index (χ2n) is 8.97. The second-order valence-corrected chi connectivity index (χ2v) is 9.38. The highest BCUT2D eigenvalue weighted by Crippen LogP contribution is 2.40. The van der Waals surface area contributed by atoms with Gasteiger partial charge in [0.05, 0.1) is 35.2 Å². The highest BCUT2D eigenvalue weighted by molar-refractivity contribution is 6.34. The van der Waals surface area contributed by atoms with Gasteiger partial charge in [0, 0.05) is 41.4 Å². The largest absolute Gasteiger partial charge is 0.384 e. The molecular weight excluding hydrogens is 457 g/mol. The van der Waals surface area contributed by atoms with E-state index in [9.17, 15) is 4.79 Å². The number of nitrogen functional groups attached to an aromatic ring is 1. The molecule has 4 heterocycles. The molecule has 0 saturated carbocycles. The predicted molar refractivity (Wildman–Crippen MR) is 128 cm³/mol. The number of piperidine rings is 1. The number of benzene rings is 1. The molecular formula is C25H25ClFN5O2. The number of halogens is 2. The molecule has 0 bridgehead atoms. The summed E-state index contributed by atoms with van der Waals surface area (Å²) in [5, 5.41) is 0.0605. The lowest BCUT2D eigenvalue weighted by molar-refractivity contribution is -0.136. The number of hydrogen-bond donors (Lipinski definition) is 1. The van der Waals surface area contributed by atoms with Crippen molar-refractivity contribution in [2.45, 2.75) is 26.2 Å². The minimum atomic E-state index is -0.669. The van der Waals surface area contributed by atoms with Gasteiger partial charge >= 0.3 is 0 Å². The molecule has 5 rings (SSSR count). The number of anilines is 1. The van der Waals surface area contributed by atoms with Crippen LogP contribution in [0.5, 0.6) is 0 Å². The molecule has 2 N–H and O–H groups in total. The first kappa shape index (κ1) is 22.7. The third-order valence-electron chi connectivity index (χ3n) is 6.79. The van der Waals surface area contributed by atoms with Gasteiger partial charge in [-0.25, -0.2) is 19.3 Å². The summed E-state index contributed by atoms with van der Waals surface area (Å²) < 4.78 is 20.7. The molecule has 9 heteroatoms. The second kappa shape index (κ2) is 8.92. The van der Waals surface area contributed by atoms with Gasteiger partial charge in [-0.15, -0.1) is 0 Å². The Hall–Kier alpha value is -3.10. The van der Waals surface area contributed by atoms with Gasteiger partial charge in [-0.1, -0.05) is 18.5 Å². The maximum Gasteiger partial charge on any atom is 0.258 e. The molecule has 2 saturated heterocycles. The Morgan fingerprint density at radius 3 is 2.53 bits per heavy atom. The van der Waals surface area contributed by atoms with Crippen LogP contribution in [0.4, 0.5) is 10.2 Å². The Balaban J connectivity index is 1.50. The van der Waals surface area contributed by atoms with E-state index in [-0.39, 0.29) is 21.9 Å². The van der Waals surface area contributed by atoms with Crippen molar-refractivity contribution in [2.75, 3.05) is 32.0 Å². The average Bonchev–Trinajstić information content (AvgIpc) is 2.82. The number of hydrogen-bond acceptors (Lipinski definition) is 6. The van der Waals surface area contributed by atoms with E-state index in [4.69, 9.17) is 22.1 Å². The number of nitrogens with zero attached hydrogens (tertiary/aromatic N) is 4. The number of pyridine rings is 1. The van der Waals surface area contributed by atoms with Crippen molar-refractivity contribution >= 4 is 23.3 Å². The van der Waals surface area contributed by atoms with E-state index in [1.807, 2.05) is 13.0 Å². The number of carbonyl (C=O) groups is 1. The summed E-state index contributed by atoms with van der Waals surface area (Å²) in [5.74, 6) is -0.660. The van der Waals surface area contributed by atoms with E-state index in [0.29, 0.717) is 36.6 Å². The van der Waals surface area contributed by atoms with Crippen molar-refractivity contribution in [3.8, 4) is 22.4 Å². The quantitative estimate of drug-likeness (QED) is 0.593. The third-order valence-corrected chi connectivity index (χ3v) is 7.09. The summed E-state index contributed by atoms with van der Waals surface area (Å²) in [7, 11) is 0. The first-order chi connectivity index (χ1) is 16.4. The number of ether oxygens (including phenoxy) is 1. The minimum absolute atomic E-state index is 0.0605. The molecule has 0 radical (unpaired) electrons. The third kappa shape index (κ3) is 4.01. The summed E-state index contributed by atoms with van der Waals surface area (Å²) in [4.78, 5) is 27.8. The molecule has 2 aromatic heterocycles. The molecule has 176 valence electrons. The fourth-order valence-electron chi connectivity index (χ4n) is 4.70. The van der Waals surface area contributed by atoms with Crippen LogP contribution >= 0.6 is 11.6 Å². The van der Waals surface area contributed by atoms with Gasteiger partial charge in [-0.05, 0) is 43.5 Å². The standard InChI is InChI=1S/C25H25ClFN5O2/c1-2-19-21(15-3-4-20(28)29-11-15)23(31-14-30-19)16-9-17(26)22(18(27)10-16)24(33)32-7-5-25(6-8-32)12-34-13-25/h3-4,9-11,14H,2,5-8,12-13H2,1H3,(H2,28,29). The molecule has 3 aromatic rings. The molecule has 7 nitrogen and oxygen atoms in total. The van der Waals surface area contributed by atoms with Crippen molar-refractivity contribution in [3.05, 3.63) is 58.9 Å². The van der Waals surface area contributed by atoms with Crippen LogP contribution in [0.25, 0.3) is 22.4 Å². The van der Waals surface area contributed by atoms with Crippen molar-refractivity contribution in [1.29, 1.82) is 0 Å². The smallest absolute Gasteiger partial charge is 0.258 e. The van der Waals surface area contributed by atoms with E-state index < -0.39 is 5.82 Å². The molecule has 34 heavy (non-hydrogen) atoms. The van der Waals surface area contributed by atoms with Gasteiger partial charge in [-0.3, -0.25) is 4.79 Å². The Bertz CT molecular complexity index is 1210. The number of aryl methyl sites for hydroxylation is 1. The monoisotopic (exact) mass is 481 g/mol. The number of likely N-dealkylation sites (tertiary alicyclic amines) is 1. The SMILES string of the molecule is CCc1ncnc(-c2cc(F)c(C(=O)N3CCC4(CC3)COC4)c(Cl)c2)c1-c1ccc(N)nc1. The Kier molecular flexibility index (Phi) is 5.95. The van der Waals surface area contributed by atoms with Crippen molar-refractivity contribution < 1.29 is 13.9 Å². The van der Waals surface area contributed by atoms with E-state index in [1.165, 1.54) is 12.4 Å². The lowest BCUT2D eigenvalue weighted by atomic mass is 9.77. The average molecular weight is 482 g/mol. The highest BCUT2D eigenvalue weighted by atomic mass is 35.5. The summed E-state index contributed by atoms with van der Waals surface area (Å²) in [6, 6.07) is 6.44. The van der Waals surface area contributed by atoms with Gasteiger partial charge in [0.1, 0.15) is 18.0 Å². The van der Waals surface area contributed by atoms with Crippen LogP contribution in [-0.4, -0.2) is 52.1 Å². The molecule has 2 aliphatic rings. The van der Waals surface area contributed by atoms with Crippen molar-refractivity contribution in [3.63, 3.8) is 0 Å². The lowest BCUT2D eigenvalue weighted by Gasteiger charge is -2.47. The molecule has 0 aliphatic carbocycles. The normalized spacial score (nSPS) is 17.0. The maximum atomic E-state index is 15.4. The molecule has 1 aromatic carbocycles. The van der Waals surface area contributed by atoms with Crippen LogP contribution in [0.1, 0.15) is 35.8 Å². The van der Waals surface area contributed by atoms with E-state index in [2.05, 4.69) is 15.0 Å². The fraction of sp³-hybridized carbons (Fsp3) is 0.360. The fourth-order valence-corrected chi connectivity index (χ4v) is 4.99. The van der Waals surface area contributed by atoms with Crippen LogP contribution in [0.15, 0.2) is 36.8 Å². The van der Waals surface area contributed by atoms with E-state index in [0.717, 1.165) is 42.9 Å². The molecule has 1 amide bonds. The van der Waals surface area contributed by atoms with E-state index in [1.54, 1.807) is 23.2 Å². The van der Waals surface area contributed by atoms with Gasteiger partial charge in [-0.2, -0.15) is 0 Å². The Morgan fingerprint density at radius 2 is 1.94 bits per heavy atom. The van der Waals surface area contributed by atoms with E-state index >= 15 is 4.39 Å². The van der Waals surface area contributed by atoms with Crippen LogP contribution in [-0.2, 0) is 11.2 Å². The van der Waals surface area contributed by atoms with Crippen molar-refractivity contribution in [2.24, 2.45) is 5.41 Å². The summed E-state index contributed by atoms with van der Waals surface area (Å²) in [6.45, 7) is 4.60. The number of amides is 1. The molecule has 1 spiro atoms. The van der Waals surface area contributed by atoms with Gasteiger partial charge in [0.2, 0.25) is 0 Å². The zero-order valence-corrected chi connectivity index (χ0v) is 19.6. The summed E-state index contributed by atoms with van der Waals surface area (Å²) >= 11 is 6.51. The highest BCUT2D eigenvalue weighted by Gasteiger charge is 2.42. The number of nitrogens with two attached hydrogens (primary N) is 1.